The lowest BCUT2D eigenvalue weighted by molar-refractivity contribution is 1.18. The highest BCUT2D eigenvalue weighted by Gasteiger charge is 2.41. The van der Waals surface area contributed by atoms with Crippen molar-refractivity contribution < 1.29 is 0 Å². The molecule has 0 aliphatic carbocycles. The average molecular weight is 670 g/mol. The predicted octanol–water partition coefficient (Wildman–Crippen LogP) is 11.6. The third kappa shape index (κ3) is 4.60. The van der Waals surface area contributed by atoms with Gasteiger partial charge in [-0.25, -0.2) is 4.98 Å². The van der Waals surface area contributed by atoms with Gasteiger partial charge < -0.3 is 4.90 Å². The molecule has 0 N–H and O–H groups in total. The molecule has 0 radical (unpaired) electrons. The molecule has 0 bridgehead atoms. The highest BCUT2D eigenvalue weighted by molar-refractivity contribution is 7.02. The van der Waals surface area contributed by atoms with Crippen LogP contribution in [0.5, 0.6) is 0 Å². The first-order chi connectivity index (χ1) is 25.1. The van der Waals surface area contributed by atoms with Crippen LogP contribution in [-0.4, -0.2) is 13.1 Å². The molecule has 0 fully saturated rings. The van der Waals surface area contributed by atoms with Crippen LogP contribution >= 0.6 is 0 Å². The number of hydrogen-bond donors (Lipinski definition) is 0. The molecule has 10 rings (SSSR count). The molecular weight excluding hydrogens is 635 g/mol. The summed E-state index contributed by atoms with van der Waals surface area (Å²) in [6.07, 6.45) is 0. The first-order valence-electron chi connectivity index (χ1n) is 17.6. The number of fused-ring (bicyclic) bond motifs is 4. The van der Waals surface area contributed by atoms with Crippen molar-refractivity contribution in [2.75, 3.05) is 9.80 Å². The van der Waals surface area contributed by atoms with Gasteiger partial charge in [0.2, 0.25) is 0 Å². The maximum absolute atomic E-state index is 5.49. The van der Waals surface area contributed by atoms with E-state index in [4.69, 9.17) is 4.98 Å². The van der Waals surface area contributed by atoms with Gasteiger partial charge in [-0.1, -0.05) is 147 Å². The minimum absolute atomic E-state index is 0.900. The molecule has 0 unspecified atom stereocenters. The van der Waals surface area contributed by atoms with Gasteiger partial charge in [-0.2, -0.15) is 0 Å². The van der Waals surface area contributed by atoms with Crippen LogP contribution in [0.25, 0.3) is 44.3 Å². The summed E-state index contributed by atoms with van der Waals surface area (Å²) in [5, 5.41) is 5.39. The summed E-state index contributed by atoms with van der Waals surface area (Å²) >= 11 is 0. The van der Waals surface area contributed by atoms with Gasteiger partial charge in [-0.3, -0.25) is 4.90 Å². The Morgan fingerprint density at radius 1 is 0.431 bits per heavy atom. The van der Waals surface area contributed by atoms with Crippen molar-refractivity contribution >= 4 is 63.5 Å². The van der Waals surface area contributed by atoms with E-state index in [1.54, 1.807) is 0 Å². The monoisotopic (exact) mass is 669 g/mol. The number of aromatic nitrogens is 1. The van der Waals surface area contributed by atoms with E-state index in [1.807, 2.05) is 0 Å². The molecule has 0 atom stereocenters. The van der Waals surface area contributed by atoms with E-state index in [-0.39, 0.29) is 0 Å². The Hall–Kier alpha value is -6.23. The first-order valence-corrected chi connectivity index (χ1v) is 20.6. The third-order valence-electron chi connectivity index (χ3n) is 10.7. The van der Waals surface area contributed by atoms with Gasteiger partial charge in [0.15, 0.2) is 0 Å². The number of anilines is 6. The second-order valence-corrected chi connectivity index (χ2v) is 18.4. The molecule has 0 saturated heterocycles. The van der Waals surface area contributed by atoms with Crippen LogP contribution in [0.15, 0.2) is 176 Å². The molecule has 242 valence electrons. The fraction of sp³-hybridized carbons (Fsp3) is 0.0426. The van der Waals surface area contributed by atoms with Gasteiger partial charge in [-0.15, -0.1) is 0 Å². The average Bonchev–Trinajstić information content (AvgIpc) is 3.19. The SMILES string of the molecule is C[Si]1(C)c2ccccc2N(c2ccccc2)c2cc3c(cc21)-c1cccc2cccc(c12)N3c1cc(-c2ccccc2)cc(-c2ccccc2)n1. The third-order valence-corrected chi connectivity index (χ3v) is 14.2. The largest absolute Gasteiger partial charge is 0.311 e. The van der Waals surface area contributed by atoms with Crippen LogP contribution in [0.1, 0.15) is 0 Å². The Labute approximate surface area is 299 Å². The zero-order valence-electron chi connectivity index (χ0n) is 28.6. The number of nitrogens with zero attached hydrogens (tertiary/aromatic N) is 3. The first kappa shape index (κ1) is 29.7. The van der Waals surface area contributed by atoms with Gasteiger partial charge in [0, 0.05) is 33.6 Å². The summed E-state index contributed by atoms with van der Waals surface area (Å²) in [6, 6.07) is 64.0. The fourth-order valence-electron chi connectivity index (χ4n) is 8.28. The molecule has 8 aromatic rings. The summed E-state index contributed by atoms with van der Waals surface area (Å²) in [5.41, 5.74) is 12.8. The van der Waals surface area contributed by atoms with Crippen molar-refractivity contribution in [1.82, 2.24) is 4.98 Å². The summed E-state index contributed by atoms with van der Waals surface area (Å²) in [5.74, 6) is 0.900. The lowest BCUT2D eigenvalue weighted by Gasteiger charge is -2.43. The number of para-hydroxylation sites is 2. The van der Waals surface area contributed by atoms with Crippen LogP contribution in [0, 0.1) is 0 Å². The van der Waals surface area contributed by atoms with Crippen molar-refractivity contribution in [2.45, 2.75) is 13.1 Å². The minimum Gasteiger partial charge on any atom is -0.311 e. The Morgan fingerprint density at radius 3 is 1.84 bits per heavy atom. The molecule has 4 heteroatoms. The zero-order chi connectivity index (χ0) is 34.1. The van der Waals surface area contributed by atoms with E-state index >= 15 is 0 Å². The van der Waals surface area contributed by atoms with E-state index in [2.05, 4.69) is 199 Å². The summed E-state index contributed by atoms with van der Waals surface area (Å²) in [7, 11) is -2.12. The lowest BCUT2D eigenvalue weighted by Crippen LogP contribution is -2.58. The Bertz CT molecular complexity index is 2550. The topological polar surface area (TPSA) is 19.4 Å². The Morgan fingerprint density at radius 2 is 1.08 bits per heavy atom. The van der Waals surface area contributed by atoms with Gasteiger partial charge in [0.25, 0.3) is 0 Å². The predicted molar refractivity (Wildman–Crippen MR) is 218 cm³/mol. The van der Waals surface area contributed by atoms with Crippen molar-refractivity contribution in [1.29, 1.82) is 0 Å². The summed E-state index contributed by atoms with van der Waals surface area (Å²) in [6.45, 7) is 5.01. The molecule has 7 aromatic carbocycles. The standard InChI is InChI=1S/C47H35N3Si/c1-51(2)44-27-13-12-25-40(44)49(36-22-10-5-11-23-36)43-31-42-38(30-45(43)51)37-24-14-20-34-21-15-26-41(47(34)37)50(42)46-29-35(32-16-6-3-7-17-32)28-39(48-46)33-18-8-4-9-19-33/h3-31H,1-2H3. The van der Waals surface area contributed by atoms with Gasteiger partial charge >= 0.3 is 0 Å². The van der Waals surface area contributed by atoms with Crippen molar-refractivity contribution in [2.24, 2.45) is 0 Å². The molecular formula is C47H35N3Si. The van der Waals surface area contributed by atoms with Crippen LogP contribution in [0.3, 0.4) is 0 Å². The fourth-order valence-corrected chi connectivity index (χ4v) is 11.3. The van der Waals surface area contributed by atoms with Gasteiger partial charge in [0.05, 0.1) is 17.1 Å². The molecule has 0 saturated carbocycles. The normalized spacial score (nSPS) is 13.8. The molecule has 3 nitrogen and oxygen atoms in total. The Kier molecular flexibility index (Phi) is 6.64. The van der Waals surface area contributed by atoms with E-state index < -0.39 is 8.07 Å². The highest BCUT2D eigenvalue weighted by Crippen LogP contribution is 2.53. The molecule has 1 aromatic heterocycles. The quantitative estimate of drug-likeness (QED) is 0.174. The maximum Gasteiger partial charge on any atom is 0.138 e. The number of hydrogen-bond acceptors (Lipinski definition) is 3. The highest BCUT2D eigenvalue weighted by atomic mass is 28.3. The Balaban J connectivity index is 1.30. The maximum atomic E-state index is 5.49. The van der Waals surface area contributed by atoms with E-state index in [0.717, 1.165) is 39.7 Å². The summed E-state index contributed by atoms with van der Waals surface area (Å²) < 4.78 is 0. The molecule has 0 amide bonds. The van der Waals surface area contributed by atoms with Crippen molar-refractivity contribution in [3.63, 3.8) is 0 Å². The lowest BCUT2D eigenvalue weighted by atomic mass is 9.90. The molecule has 2 aliphatic rings. The van der Waals surface area contributed by atoms with E-state index in [1.165, 1.54) is 49.2 Å². The zero-order valence-corrected chi connectivity index (χ0v) is 29.6. The molecule has 51 heavy (non-hydrogen) atoms. The van der Waals surface area contributed by atoms with Crippen molar-refractivity contribution in [3.8, 4) is 33.5 Å². The van der Waals surface area contributed by atoms with Crippen molar-refractivity contribution in [3.05, 3.63) is 176 Å². The van der Waals surface area contributed by atoms with Crippen LogP contribution < -0.4 is 20.2 Å². The van der Waals surface area contributed by atoms with Crippen LogP contribution in [-0.2, 0) is 0 Å². The second kappa shape index (κ2) is 11.4. The number of benzene rings is 7. The second-order valence-electron chi connectivity index (χ2n) is 14.0. The number of rotatable bonds is 4. The molecule has 3 heterocycles. The van der Waals surface area contributed by atoms with Gasteiger partial charge in [-0.05, 0) is 74.9 Å². The smallest absolute Gasteiger partial charge is 0.138 e. The summed E-state index contributed by atoms with van der Waals surface area (Å²) in [4.78, 5) is 10.4. The van der Waals surface area contributed by atoms with Crippen LogP contribution in [0.4, 0.5) is 34.3 Å². The molecule has 2 aliphatic heterocycles. The minimum atomic E-state index is -2.12. The van der Waals surface area contributed by atoms with E-state index in [9.17, 15) is 0 Å². The van der Waals surface area contributed by atoms with Gasteiger partial charge in [0.1, 0.15) is 13.9 Å². The van der Waals surface area contributed by atoms with E-state index in [0.29, 0.717) is 0 Å². The number of pyridine rings is 1. The van der Waals surface area contributed by atoms with Crippen LogP contribution in [0.2, 0.25) is 13.1 Å². The molecule has 0 spiro atoms.